The van der Waals surface area contributed by atoms with E-state index in [1.54, 1.807) is 17.5 Å². The number of fused-ring (bicyclic) bond motifs is 1. The van der Waals surface area contributed by atoms with E-state index in [1.165, 1.54) is 53.8 Å². The van der Waals surface area contributed by atoms with Crippen LogP contribution < -0.4 is 4.74 Å². The lowest BCUT2D eigenvalue weighted by molar-refractivity contribution is -0.154. The van der Waals surface area contributed by atoms with Crippen molar-refractivity contribution in [2.45, 2.75) is 19.8 Å². The number of hydrogen-bond donors (Lipinski definition) is 0. The minimum Gasteiger partial charge on any atom is -0.422 e. The summed E-state index contributed by atoms with van der Waals surface area (Å²) in [6.45, 7) is 1.30. The zero-order valence-corrected chi connectivity index (χ0v) is 23.5. The molecule has 5 rings (SSSR count). The van der Waals surface area contributed by atoms with Crippen molar-refractivity contribution < 1.29 is 28.7 Å². The van der Waals surface area contributed by atoms with Crippen LogP contribution in [-0.2, 0) is 9.59 Å². The molecule has 11 heteroatoms. The molecule has 2 atom stereocenters. The second-order valence-electron chi connectivity index (χ2n) is 9.50. The number of Topliss-reactive ketones (excluding diaryl/α,β-unsaturated/α-hetero) is 1. The van der Waals surface area contributed by atoms with Crippen LogP contribution in [0.4, 0.5) is 0 Å². The molecule has 204 valence electrons. The van der Waals surface area contributed by atoms with Crippen molar-refractivity contribution in [2.24, 2.45) is 11.8 Å². The fraction of sp³-hybridized carbons (Fsp3) is 0.207. The van der Waals surface area contributed by atoms with Crippen molar-refractivity contribution in [3.63, 3.8) is 0 Å². The molecule has 8 nitrogen and oxygen atoms in total. The van der Waals surface area contributed by atoms with Crippen LogP contribution in [0.3, 0.4) is 0 Å². The molecule has 40 heavy (non-hydrogen) atoms. The Balaban J connectivity index is 1.40. The minimum absolute atomic E-state index is 0.0582. The van der Waals surface area contributed by atoms with Gasteiger partial charge >= 0.3 is 5.97 Å². The van der Waals surface area contributed by atoms with Gasteiger partial charge in [-0.3, -0.25) is 19.2 Å². The van der Waals surface area contributed by atoms with Crippen LogP contribution in [0.2, 0.25) is 10.0 Å². The molecular weight excluding hydrogens is 575 g/mol. The van der Waals surface area contributed by atoms with E-state index in [4.69, 9.17) is 27.9 Å². The largest absolute Gasteiger partial charge is 0.422 e. The standard InChI is InChI=1S/C29H22Cl2N2O6S/c1-16-4-10-20-21(13-16)28(37)33(27(20)36)32(26(35)18-7-11-22(30)23(31)14-18)15-24(34)17-5-8-19(9-6-17)39-29(38)25-3-2-12-40-25/h2-9,11-12,14,20-21H,10,13,15H2,1H3/t20-,21-/m1/s1. The first-order valence-corrected chi connectivity index (χ1v) is 14.0. The van der Waals surface area contributed by atoms with Crippen molar-refractivity contribution >= 4 is 64.0 Å². The average molecular weight is 597 g/mol. The van der Waals surface area contributed by atoms with Crippen LogP contribution in [0, 0.1) is 11.8 Å². The molecular formula is C29H22Cl2N2O6S. The Hall–Kier alpha value is -3.79. The zero-order chi connectivity index (χ0) is 28.6. The van der Waals surface area contributed by atoms with E-state index in [2.05, 4.69) is 0 Å². The molecule has 0 spiro atoms. The van der Waals surface area contributed by atoms with Crippen molar-refractivity contribution in [1.29, 1.82) is 0 Å². The van der Waals surface area contributed by atoms with Gasteiger partial charge in [0.05, 0.1) is 21.9 Å². The number of thiophene rings is 1. The quantitative estimate of drug-likeness (QED) is 0.111. The lowest BCUT2D eigenvalue weighted by atomic mass is 9.82. The van der Waals surface area contributed by atoms with E-state index in [1.807, 2.05) is 13.0 Å². The monoisotopic (exact) mass is 596 g/mol. The first-order chi connectivity index (χ1) is 19.1. The summed E-state index contributed by atoms with van der Waals surface area (Å²) < 4.78 is 5.33. The number of carbonyl (C=O) groups excluding carboxylic acids is 5. The summed E-state index contributed by atoms with van der Waals surface area (Å²) in [6.07, 6.45) is 2.70. The van der Waals surface area contributed by atoms with Gasteiger partial charge in [-0.2, -0.15) is 5.01 Å². The highest BCUT2D eigenvalue weighted by molar-refractivity contribution is 7.12. The Bertz CT molecular complexity index is 1550. The fourth-order valence-electron chi connectivity index (χ4n) is 4.76. The maximum Gasteiger partial charge on any atom is 0.353 e. The van der Waals surface area contributed by atoms with Crippen LogP contribution >= 0.6 is 34.5 Å². The number of amides is 3. The van der Waals surface area contributed by atoms with Gasteiger partial charge in [-0.1, -0.05) is 40.9 Å². The van der Waals surface area contributed by atoms with E-state index in [0.29, 0.717) is 17.7 Å². The van der Waals surface area contributed by atoms with Crippen molar-refractivity contribution in [2.75, 3.05) is 6.54 Å². The number of carbonyl (C=O) groups is 5. The van der Waals surface area contributed by atoms with E-state index in [0.717, 1.165) is 15.6 Å². The number of rotatable bonds is 7. The molecule has 1 aliphatic carbocycles. The molecule has 3 amide bonds. The van der Waals surface area contributed by atoms with Gasteiger partial charge in [0.25, 0.3) is 17.7 Å². The van der Waals surface area contributed by atoms with Crippen molar-refractivity contribution in [3.05, 3.63) is 97.7 Å². The summed E-state index contributed by atoms with van der Waals surface area (Å²) in [6, 6.07) is 13.3. The third-order valence-corrected chi connectivity index (χ3v) is 8.43. The lowest BCUT2D eigenvalue weighted by Gasteiger charge is -2.30. The maximum atomic E-state index is 13.7. The molecule has 2 aliphatic rings. The number of ketones is 1. The summed E-state index contributed by atoms with van der Waals surface area (Å²) in [4.78, 5) is 66.5. The fourth-order valence-corrected chi connectivity index (χ4v) is 5.65. The zero-order valence-electron chi connectivity index (χ0n) is 21.1. The average Bonchev–Trinajstić information content (AvgIpc) is 3.56. The third-order valence-electron chi connectivity index (χ3n) is 6.84. The van der Waals surface area contributed by atoms with Gasteiger partial charge in [-0.25, -0.2) is 9.80 Å². The van der Waals surface area contributed by atoms with Gasteiger partial charge in [0.1, 0.15) is 17.2 Å². The number of allylic oxidation sites excluding steroid dienone is 2. The van der Waals surface area contributed by atoms with E-state index < -0.39 is 47.9 Å². The predicted molar refractivity (Wildman–Crippen MR) is 149 cm³/mol. The van der Waals surface area contributed by atoms with E-state index in [9.17, 15) is 24.0 Å². The third kappa shape index (κ3) is 5.45. The van der Waals surface area contributed by atoms with Crippen LogP contribution in [-0.4, -0.2) is 46.0 Å². The highest BCUT2D eigenvalue weighted by atomic mass is 35.5. The summed E-state index contributed by atoms with van der Waals surface area (Å²) >= 11 is 13.4. The number of hydrazine groups is 1. The molecule has 0 N–H and O–H groups in total. The molecule has 1 aromatic heterocycles. The number of esters is 1. The van der Waals surface area contributed by atoms with Crippen LogP contribution in [0.1, 0.15) is 50.2 Å². The van der Waals surface area contributed by atoms with E-state index in [-0.39, 0.29) is 26.9 Å². The Morgan fingerprint density at radius 1 is 0.975 bits per heavy atom. The van der Waals surface area contributed by atoms with Crippen molar-refractivity contribution in [1.82, 2.24) is 10.0 Å². The van der Waals surface area contributed by atoms with Gasteiger partial charge in [-0.05, 0) is 73.7 Å². The highest BCUT2D eigenvalue weighted by Gasteiger charge is 2.51. The summed E-state index contributed by atoms with van der Waals surface area (Å²) in [5.41, 5.74) is 1.24. The van der Waals surface area contributed by atoms with Crippen molar-refractivity contribution in [3.8, 4) is 5.75 Å². The van der Waals surface area contributed by atoms with Crippen LogP contribution in [0.15, 0.2) is 71.6 Å². The first-order valence-electron chi connectivity index (χ1n) is 12.3. The van der Waals surface area contributed by atoms with Gasteiger partial charge in [0, 0.05) is 11.1 Å². The number of ether oxygens (including phenoxy) is 1. The number of hydrogen-bond acceptors (Lipinski definition) is 7. The molecule has 0 saturated carbocycles. The summed E-state index contributed by atoms with van der Waals surface area (Å²) in [5.74, 6) is -3.84. The second-order valence-corrected chi connectivity index (χ2v) is 11.3. The Morgan fingerprint density at radius 2 is 1.68 bits per heavy atom. The van der Waals surface area contributed by atoms with Gasteiger partial charge < -0.3 is 4.74 Å². The number of halogens is 2. The highest BCUT2D eigenvalue weighted by Crippen LogP contribution is 2.39. The molecule has 0 radical (unpaired) electrons. The SMILES string of the molecule is CC1=CC[C@H]2C(=O)N(N(CC(=O)c3ccc(OC(=O)c4cccs4)cc3)C(=O)c3ccc(Cl)c(Cl)c3)C(=O)[C@@H]2C1. The lowest BCUT2D eigenvalue weighted by Crippen LogP contribution is -2.52. The Morgan fingerprint density at radius 3 is 2.35 bits per heavy atom. The normalized spacial score (nSPS) is 18.3. The smallest absolute Gasteiger partial charge is 0.353 e. The molecule has 3 aromatic rings. The molecule has 2 heterocycles. The molecule has 2 aromatic carbocycles. The summed E-state index contributed by atoms with van der Waals surface area (Å²) in [7, 11) is 0. The number of imide groups is 1. The Kier molecular flexibility index (Phi) is 7.89. The number of nitrogens with zero attached hydrogens (tertiary/aromatic N) is 2. The summed E-state index contributed by atoms with van der Waals surface area (Å²) in [5, 5.41) is 3.78. The minimum atomic E-state index is -0.751. The molecule has 1 saturated heterocycles. The Labute approximate surface area is 243 Å². The molecule has 0 bridgehead atoms. The topological polar surface area (TPSA) is 101 Å². The van der Waals surface area contributed by atoms with E-state index >= 15 is 0 Å². The van der Waals surface area contributed by atoms with Crippen LogP contribution in [0.25, 0.3) is 0 Å². The van der Waals surface area contributed by atoms with Gasteiger partial charge in [0.15, 0.2) is 5.78 Å². The molecule has 1 fully saturated rings. The molecule has 0 unspecified atom stereocenters. The second kappa shape index (κ2) is 11.4. The predicted octanol–water partition coefficient (Wildman–Crippen LogP) is 5.86. The maximum absolute atomic E-state index is 13.7. The van der Waals surface area contributed by atoms with Gasteiger partial charge in [0.2, 0.25) is 0 Å². The first kappa shape index (κ1) is 27.8. The molecule has 1 aliphatic heterocycles. The van der Waals surface area contributed by atoms with Gasteiger partial charge in [-0.15, -0.1) is 11.3 Å². The van der Waals surface area contributed by atoms with Crippen LogP contribution in [0.5, 0.6) is 5.75 Å². The number of benzene rings is 2.